The van der Waals surface area contributed by atoms with Gasteiger partial charge in [0, 0.05) is 24.0 Å². The van der Waals surface area contributed by atoms with Crippen molar-refractivity contribution in [1.29, 1.82) is 0 Å². The standard InChI is InChI=1S/C17H26N2OS/c1-17(2,3)12-19(13-9-10-18-11-13)16(20)14-7-5-6-8-15(14)21-4/h5-8,13,18H,9-12H2,1-4H3/t13-/m0/s1. The van der Waals surface area contributed by atoms with E-state index in [1.54, 1.807) is 11.8 Å². The molecule has 1 aliphatic heterocycles. The highest BCUT2D eigenvalue weighted by Crippen LogP contribution is 2.26. The van der Waals surface area contributed by atoms with Crippen LogP contribution in [0.25, 0.3) is 0 Å². The average molecular weight is 306 g/mol. The summed E-state index contributed by atoms with van der Waals surface area (Å²) >= 11 is 1.64. The van der Waals surface area contributed by atoms with Crippen molar-refractivity contribution in [2.75, 3.05) is 25.9 Å². The zero-order chi connectivity index (χ0) is 15.5. The van der Waals surface area contributed by atoms with Gasteiger partial charge < -0.3 is 10.2 Å². The van der Waals surface area contributed by atoms with Crippen LogP contribution in [0.15, 0.2) is 29.2 Å². The van der Waals surface area contributed by atoms with E-state index in [2.05, 4.69) is 31.0 Å². The van der Waals surface area contributed by atoms with Gasteiger partial charge in [-0.25, -0.2) is 0 Å². The van der Waals surface area contributed by atoms with Crippen LogP contribution < -0.4 is 5.32 Å². The molecule has 2 rings (SSSR count). The number of rotatable bonds is 4. The first-order chi connectivity index (χ1) is 9.92. The summed E-state index contributed by atoms with van der Waals surface area (Å²) in [7, 11) is 0. The first-order valence-corrected chi connectivity index (χ1v) is 8.79. The molecule has 1 aromatic rings. The Hall–Kier alpha value is -1.00. The van der Waals surface area contributed by atoms with Gasteiger partial charge in [0.1, 0.15) is 0 Å². The van der Waals surface area contributed by atoms with Crippen LogP contribution in [0.3, 0.4) is 0 Å². The summed E-state index contributed by atoms with van der Waals surface area (Å²) in [5, 5.41) is 3.37. The maximum Gasteiger partial charge on any atom is 0.255 e. The van der Waals surface area contributed by atoms with E-state index < -0.39 is 0 Å². The van der Waals surface area contributed by atoms with Gasteiger partial charge in [-0.3, -0.25) is 4.79 Å². The Morgan fingerprint density at radius 2 is 2.10 bits per heavy atom. The fraction of sp³-hybridized carbons (Fsp3) is 0.588. The summed E-state index contributed by atoms with van der Waals surface area (Å²) in [6, 6.07) is 8.24. The summed E-state index contributed by atoms with van der Waals surface area (Å²) in [6.45, 7) is 9.27. The van der Waals surface area contributed by atoms with Gasteiger partial charge >= 0.3 is 0 Å². The molecule has 1 saturated heterocycles. The Kier molecular flexibility index (Phi) is 5.33. The van der Waals surface area contributed by atoms with Gasteiger partial charge in [0.05, 0.1) is 5.56 Å². The number of carbonyl (C=O) groups is 1. The molecule has 1 aliphatic rings. The Morgan fingerprint density at radius 1 is 1.38 bits per heavy atom. The lowest BCUT2D eigenvalue weighted by molar-refractivity contribution is 0.0611. The Bertz CT molecular complexity index is 490. The van der Waals surface area contributed by atoms with E-state index in [0.29, 0.717) is 6.04 Å². The van der Waals surface area contributed by atoms with Crippen LogP contribution >= 0.6 is 11.8 Å². The van der Waals surface area contributed by atoms with Crippen molar-refractivity contribution in [2.24, 2.45) is 5.41 Å². The topological polar surface area (TPSA) is 32.3 Å². The minimum Gasteiger partial charge on any atom is -0.334 e. The largest absolute Gasteiger partial charge is 0.334 e. The molecular formula is C17H26N2OS. The molecular weight excluding hydrogens is 280 g/mol. The molecule has 4 heteroatoms. The van der Waals surface area contributed by atoms with Crippen LogP contribution in [-0.4, -0.2) is 42.7 Å². The molecule has 0 radical (unpaired) electrons. The van der Waals surface area contributed by atoms with Gasteiger partial charge in [-0.05, 0) is 36.8 Å². The molecule has 0 spiro atoms. The molecule has 116 valence electrons. The average Bonchev–Trinajstić information content (AvgIpc) is 2.97. The molecule has 1 N–H and O–H groups in total. The third kappa shape index (κ3) is 4.24. The zero-order valence-corrected chi connectivity index (χ0v) is 14.3. The Labute approximate surface area is 132 Å². The molecule has 1 fully saturated rings. The van der Waals surface area contributed by atoms with Crippen molar-refractivity contribution in [3.8, 4) is 0 Å². The first-order valence-electron chi connectivity index (χ1n) is 7.57. The molecule has 0 aliphatic carbocycles. The van der Waals surface area contributed by atoms with Gasteiger partial charge in [0.2, 0.25) is 0 Å². The highest BCUT2D eigenvalue weighted by Gasteiger charge is 2.31. The fourth-order valence-corrected chi connectivity index (χ4v) is 3.35. The molecule has 1 amide bonds. The SMILES string of the molecule is CSc1ccccc1C(=O)N(CC(C)(C)C)[C@H]1CCNC1. The van der Waals surface area contributed by atoms with E-state index in [1.807, 2.05) is 30.5 Å². The first kappa shape index (κ1) is 16.4. The number of amides is 1. The second kappa shape index (κ2) is 6.84. The Balaban J connectivity index is 2.28. The van der Waals surface area contributed by atoms with Crippen molar-refractivity contribution in [1.82, 2.24) is 10.2 Å². The van der Waals surface area contributed by atoms with E-state index >= 15 is 0 Å². The normalized spacial score (nSPS) is 18.8. The van der Waals surface area contributed by atoms with E-state index in [4.69, 9.17) is 0 Å². The smallest absolute Gasteiger partial charge is 0.255 e. The molecule has 1 aromatic carbocycles. The number of nitrogens with zero attached hydrogens (tertiary/aromatic N) is 1. The highest BCUT2D eigenvalue weighted by atomic mass is 32.2. The zero-order valence-electron chi connectivity index (χ0n) is 13.5. The van der Waals surface area contributed by atoms with Crippen LogP contribution in [-0.2, 0) is 0 Å². The summed E-state index contributed by atoms with van der Waals surface area (Å²) in [5.74, 6) is 0.170. The summed E-state index contributed by atoms with van der Waals surface area (Å²) in [5.41, 5.74) is 0.938. The van der Waals surface area contributed by atoms with Crippen LogP contribution in [0.2, 0.25) is 0 Å². The summed E-state index contributed by atoms with van der Waals surface area (Å²) in [6.07, 6.45) is 3.07. The maximum absolute atomic E-state index is 13.1. The van der Waals surface area contributed by atoms with Crippen LogP contribution in [0, 0.1) is 5.41 Å². The molecule has 21 heavy (non-hydrogen) atoms. The quantitative estimate of drug-likeness (QED) is 0.867. The predicted octanol–water partition coefficient (Wildman–Crippen LogP) is 3.26. The third-order valence-corrected chi connectivity index (χ3v) is 4.51. The number of benzene rings is 1. The van der Waals surface area contributed by atoms with Gasteiger partial charge in [0.25, 0.3) is 5.91 Å². The lowest BCUT2D eigenvalue weighted by Crippen LogP contribution is -2.46. The van der Waals surface area contributed by atoms with E-state index in [9.17, 15) is 4.79 Å². The van der Waals surface area contributed by atoms with Gasteiger partial charge in [-0.1, -0.05) is 32.9 Å². The van der Waals surface area contributed by atoms with Crippen molar-refractivity contribution in [3.63, 3.8) is 0 Å². The number of hydrogen-bond acceptors (Lipinski definition) is 3. The number of nitrogens with one attached hydrogen (secondary N) is 1. The molecule has 0 aromatic heterocycles. The number of carbonyl (C=O) groups excluding carboxylic acids is 1. The van der Waals surface area contributed by atoms with E-state index in [1.165, 1.54) is 0 Å². The summed E-state index contributed by atoms with van der Waals surface area (Å²) < 4.78 is 0. The minimum absolute atomic E-state index is 0.104. The number of thioether (sulfide) groups is 1. The van der Waals surface area contributed by atoms with Crippen molar-refractivity contribution >= 4 is 17.7 Å². The van der Waals surface area contributed by atoms with Crippen molar-refractivity contribution in [3.05, 3.63) is 29.8 Å². The monoisotopic (exact) mass is 306 g/mol. The van der Waals surface area contributed by atoms with Crippen molar-refractivity contribution < 1.29 is 4.79 Å². The Morgan fingerprint density at radius 3 is 2.67 bits per heavy atom. The van der Waals surface area contributed by atoms with Crippen LogP contribution in [0.5, 0.6) is 0 Å². The third-order valence-electron chi connectivity index (χ3n) is 3.72. The lowest BCUT2D eigenvalue weighted by Gasteiger charge is -2.34. The minimum atomic E-state index is 0.104. The molecule has 1 atom stereocenters. The fourth-order valence-electron chi connectivity index (χ4n) is 2.76. The van der Waals surface area contributed by atoms with Gasteiger partial charge in [0.15, 0.2) is 0 Å². The predicted molar refractivity (Wildman–Crippen MR) is 90.0 cm³/mol. The molecule has 0 saturated carbocycles. The van der Waals surface area contributed by atoms with Crippen molar-refractivity contribution in [2.45, 2.75) is 38.1 Å². The van der Waals surface area contributed by atoms with Gasteiger partial charge in [-0.15, -0.1) is 11.8 Å². The van der Waals surface area contributed by atoms with Crippen LogP contribution in [0.1, 0.15) is 37.6 Å². The van der Waals surface area contributed by atoms with Crippen LogP contribution in [0.4, 0.5) is 0 Å². The van der Waals surface area contributed by atoms with E-state index in [-0.39, 0.29) is 11.3 Å². The number of hydrogen-bond donors (Lipinski definition) is 1. The summed E-state index contributed by atoms with van der Waals surface area (Å²) in [4.78, 5) is 16.2. The van der Waals surface area contributed by atoms with E-state index in [0.717, 1.165) is 36.5 Å². The van der Waals surface area contributed by atoms with Gasteiger partial charge in [-0.2, -0.15) is 0 Å². The second-order valence-corrected chi connectivity index (χ2v) is 7.69. The maximum atomic E-state index is 13.1. The molecule has 0 unspecified atom stereocenters. The molecule has 0 bridgehead atoms. The highest BCUT2D eigenvalue weighted by molar-refractivity contribution is 7.98. The second-order valence-electron chi connectivity index (χ2n) is 6.84. The lowest BCUT2D eigenvalue weighted by atomic mass is 9.94. The molecule has 1 heterocycles. The molecule has 3 nitrogen and oxygen atoms in total.